The molecule has 1 atom stereocenters. The first-order valence-corrected chi connectivity index (χ1v) is 5.07. The van der Waals surface area contributed by atoms with Crippen LogP contribution in [-0.4, -0.2) is 35.1 Å². The smallest absolute Gasteiger partial charge is 0.251 e. The first-order valence-electron chi connectivity index (χ1n) is 5.07. The Bertz CT molecular complexity index is 174. The van der Waals surface area contributed by atoms with E-state index in [1.807, 2.05) is 0 Å². The van der Waals surface area contributed by atoms with Crippen molar-refractivity contribution in [1.29, 1.82) is 0 Å². The van der Waals surface area contributed by atoms with Crippen LogP contribution in [0.2, 0.25) is 0 Å². The van der Waals surface area contributed by atoms with Gasteiger partial charge in [-0.25, -0.2) is 0 Å². The summed E-state index contributed by atoms with van der Waals surface area (Å²) < 4.78 is 0. The predicted octanol–water partition coefficient (Wildman–Crippen LogP) is 1.16. The van der Waals surface area contributed by atoms with Crippen LogP contribution in [0.4, 0.5) is 0 Å². The Morgan fingerprint density at radius 1 is 1.38 bits per heavy atom. The van der Waals surface area contributed by atoms with Crippen LogP contribution >= 0.6 is 0 Å². The lowest BCUT2D eigenvalue weighted by Crippen LogP contribution is -2.42. The van der Waals surface area contributed by atoms with Gasteiger partial charge in [0.05, 0.1) is 0 Å². The van der Waals surface area contributed by atoms with Crippen molar-refractivity contribution in [3.05, 3.63) is 0 Å². The standard InChI is InChI=1S/C10H19NO2/c1-8(12)10(13)11(2)9-6-4-3-5-7-9/h8-9,12H,3-7H2,1-2H3/t8-/m0/s1. The van der Waals surface area contributed by atoms with E-state index in [2.05, 4.69) is 0 Å². The highest BCUT2D eigenvalue weighted by Crippen LogP contribution is 2.21. The van der Waals surface area contributed by atoms with E-state index < -0.39 is 6.10 Å². The van der Waals surface area contributed by atoms with Crippen molar-refractivity contribution in [2.24, 2.45) is 0 Å². The molecule has 1 rings (SSSR count). The molecule has 0 spiro atoms. The number of likely N-dealkylation sites (N-methyl/N-ethyl adjacent to an activating group) is 1. The minimum Gasteiger partial charge on any atom is -0.384 e. The molecule has 0 bridgehead atoms. The average Bonchev–Trinajstić information content (AvgIpc) is 2.17. The van der Waals surface area contributed by atoms with Crippen molar-refractivity contribution >= 4 is 5.91 Å². The highest BCUT2D eigenvalue weighted by atomic mass is 16.3. The van der Waals surface area contributed by atoms with E-state index in [1.165, 1.54) is 26.2 Å². The third-order valence-corrected chi connectivity index (χ3v) is 2.83. The van der Waals surface area contributed by atoms with Crippen molar-refractivity contribution < 1.29 is 9.90 Å². The highest BCUT2D eigenvalue weighted by Gasteiger charge is 2.24. The fourth-order valence-electron chi connectivity index (χ4n) is 1.94. The molecule has 0 radical (unpaired) electrons. The first-order chi connectivity index (χ1) is 6.13. The number of aliphatic hydroxyl groups is 1. The van der Waals surface area contributed by atoms with Gasteiger partial charge in [-0.3, -0.25) is 4.79 Å². The van der Waals surface area contributed by atoms with Gasteiger partial charge in [0.1, 0.15) is 6.10 Å². The molecule has 1 N–H and O–H groups in total. The van der Waals surface area contributed by atoms with Gasteiger partial charge in [0, 0.05) is 13.1 Å². The Morgan fingerprint density at radius 3 is 2.38 bits per heavy atom. The maximum atomic E-state index is 11.4. The van der Waals surface area contributed by atoms with Gasteiger partial charge in [-0.15, -0.1) is 0 Å². The van der Waals surface area contributed by atoms with Crippen LogP contribution in [0.1, 0.15) is 39.0 Å². The van der Waals surface area contributed by atoms with E-state index in [0.717, 1.165) is 12.8 Å². The summed E-state index contributed by atoms with van der Waals surface area (Å²) in [5, 5.41) is 9.13. The average molecular weight is 185 g/mol. The zero-order chi connectivity index (χ0) is 9.84. The summed E-state index contributed by atoms with van der Waals surface area (Å²) >= 11 is 0. The molecule has 0 heterocycles. The second kappa shape index (κ2) is 4.61. The predicted molar refractivity (Wildman–Crippen MR) is 51.3 cm³/mol. The van der Waals surface area contributed by atoms with Crippen molar-refractivity contribution in [2.45, 2.75) is 51.2 Å². The second-order valence-corrected chi connectivity index (χ2v) is 3.92. The van der Waals surface area contributed by atoms with Crippen LogP contribution in [0.5, 0.6) is 0 Å². The molecule has 0 aromatic heterocycles. The molecular weight excluding hydrogens is 166 g/mol. The van der Waals surface area contributed by atoms with E-state index in [0.29, 0.717) is 6.04 Å². The van der Waals surface area contributed by atoms with Gasteiger partial charge in [0.15, 0.2) is 0 Å². The SMILES string of the molecule is C[C@H](O)C(=O)N(C)C1CCCCC1. The van der Waals surface area contributed by atoms with Crippen LogP contribution in [-0.2, 0) is 4.79 Å². The molecular formula is C10H19NO2. The molecule has 0 saturated heterocycles. The van der Waals surface area contributed by atoms with E-state index in [4.69, 9.17) is 5.11 Å². The lowest BCUT2D eigenvalue weighted by Gasteiger charge is -2.31. The maximum absolute atomic E-state index is 11.4. The van der Waals surface area contributed by atoms with E-state index in [1.54, 1.807) is 11.9 Å². The van der Waals surface area contributed by atoms with E-state index in [9.17, 15) is 4.79 Å². The van der Waals surface area contributed by atoms with Gasteiger partial charge in [0.2, 0.25) is 0 Å². The third-order valence-electron chi connectivity index (χ3n) is 2.83. The summed E-state index contributed by atoms with van der Waals surface area (Å²) in [5.74, 6) is -0.146. The Morgan fingerprint density at radius 2 is 1.92 bits per heavy atom. The second-order valence-electron chi connectivity index (χ2n) is 3.92. The van der Waals surface area contributed by atoms with Crippen LogP contribution < -0.4 is 0 Å². The molecule has 1 aliphatic carbocycles. The molecule has 3 nitrogen and oxygen atoms in total. The molecule has 0 aromatic carbocycles. The van der Waals surface area contributed by atoms with E-state index in [-0.39, 0.29) is 5.91 Å². The number of rotatable bonds is 2. The van der Waals surface area contributed by atoms with Crippen LogP contribution in [0.25, 0.3) is 0 Å². The van der Waals surface area contributed by atoms with Gasteiger partial charge in [-0.2, -0.15) is 0 Å². The van der Waals surface area contributed by atoms with Crippen molar-refractivity contribution in [3.63, 3.8) is 0 Å². The van der Waals surface area contributed by atoms with Crippen molar-refractivity contribution in [1.82, 2.24) is 4.90 Å². The number of nitrogens with zero attached hydrogens (tertiary/aromatic N) is 1. The Kier molecular flexibility index (Phi) is 3.72. The van der Waals surface area contributed by atoms with Gasteiger partial charge in [-0.1, -0.05) is 19.3 Å². The molecule has 1 fully saturated rings. The van der Waals surface area contributed by atoms with Gasteiger partial charge >= 0.3 is 0 Å². The minimum atomic E-state index is -0.855. The lowest BCUT2D eigenvalue weighted by molar-refractivity contribution is -0.140. The van der Waals surface area contributed by atoms with Gasteiger partial charge in [0.25, 0.3) is 5.91 Å². The van der Waals surface area contributed by atoms with Crippen LogP contribution in [0, 0.1) is 0 Å². The summed E-state index contributed by atoms with van der Waals surface area (Å²) in [6, 6.07) is 0.357. The highest BCUT2D eigenvalue weighted by molar-refractivity contribution is 5.80. The molecule has 0 aliphatic heterocycles. The minimum absolute atomic E-state index is 0.146. The van der Waals surface area contributed by atoms with E-state index >= 15 is 0 Å². The molecule has 0 unspecified atom stereocenters. The third kappa shape index (κ3) is 2.69. The molecule has 76 valence electrons. The Balaban J connectivity index is 2.45. The molecule has 1 saturated carbocycles. The number of carbonyl (C=O) groups excluding carboxylic acids is 1. The summed E-state index contributed by atoms with van der Waals surface area (Å²) in [4.78, 5) is 13.1. The lowest BCUT2D eigenvalue weighted by atomic mass is 9.94. The van der Waals surface area contributed by atoms with Crippen molar-refractivity contribution in [2.75, 3.05) is 7.05 Å². The Hall–Kier alpha value is -0.570. The molecule has 3 heteroatoms. The number of amides is 1. The number of hydrogen-bond donors (Lipinski definition) is 1. The van der Waals surface area contributed by atoms with Crippen molar-refractivity contribution in [3.8, 4) is 0 Å². The maximum Gasteiger partial charge on any atom is 0.251 e. The number of hydrogen-bond acceptors (Lipinski definition) is 2. The quantitative estimate of drug-likeness (QED) is 0.701. The zero-order valence-corrected chi connectivity index (χ0v) is 8.49. The van der Waals surface area contributed by atoms with Gasteiger partial charge < -0.3 is 10.0 Å². The fourth-order valence-corrected chi connectivity index (χ4v) is 1.94. The summed E-state index contributed by atoms with van der Waals surface area (Å²) in [5.41, 5.74) is 0. The van der Waals surface area contributed by atoms with Crippen LogP contribution in [0.3, 0.4) is 0 Å². The zero-order valence-electron chi connectivity index (χ0n) is 8.49. The first kappa shape index (κ1) is 10.5. The largest absolute Gasteiger partial charge is 0.384 e. The normalized spacial score (nSPS) is 21.2. The monoisotopic (exact) mass is 185 g/mol. The molecule has 0 aromatic rings. The summed E-state index contributed by atoms with van der Waals surface area (Å²) in [6.07, 6.45) is 5.04. The number of carbonyl (C=O) groups is 1. The van der Waals surface area contributed by atoms with Crippen LogP contribution in [0.15, 0.2) is 0 Å². The fraction of sp³-hybridized carbons (Fsp3) is 0.900. The number of aliphatic hydroxyl groups excluding tert-OH is 1. The molecule has 1 aliphatic rings. The van der Waals surface area contributed by atoms with Gasteiger partial charge in [-0.05, 0) is 19.8 Å². The molecule has 1 amide bonds. The summed E-state index contributed by atoms with van der Waals surface area (Å²) in [7, 11) is 1.80. The summed E-state index contributed by atoms with van der Waals surface area (Å²) in [6.45, 7) is 1.53. The Labute approximate surface area is 79.7 Å². The topological polar surface area (TPSA) is 40.5 Å². The molecule has 13 heavy (non-hydrogen) atoms.